The van der Waals surface area contributed by atoms with E-state index in [-0.39, 0.29) is 11.7 Å². The zero-order valence-corrected chi connectivity index (χ0v) is 17.1. The van der Waals surface area contributed by atoms with Crippen LogP contribution < -0.4 is 4.80 Å². The van der Waals surface area contributed by atoms with Crippen LogP contribution in [-0.4, -0.2) is 22.5 Å². The summed E-state index contributed by atoms with van der Waals surface area (Å²) in [5, 5.41) is 0.911. The molecule has 4 aromatic rings. The average Bonchev–Trinajstić information content (AvgIpc) is 3.22. The molecule has 0 atom stereocenters. The van der Waals surface area contributed by atoms with Gasteiger partial charge in [-0.1, -0.05) is 35.6 Å². The lowest BCUT2D eigenvalue weighted by atomic mass is 10.1. The molecule has 0 fully saturated rings. The standard InChI is InChI=1S/C21H20N2O2S2/c1-13-10-14(2)19-16(11-13)23(8-9-26-3)21(27-19)22-20(24)18-12-15-6-4-5-7-17(15)25-18/h4-7,10-12H,8-9H2,1-3H3. The van der Waals surface area contributed by atoms with Gasteiger partial charge in [-0.05, 0) is 49.4 Å². The van der Waals surface area contributed by atoms with Gasteiger partial charge in [-0.15, -0.1) is 0 Å². The van der Waals surface area contributed by atoms with Crippen molar-refractivity contribution >= 4 is 50.2 Å². The number of nitrogens with zero attached hydrogens (tertiary/aromatic N) is 2. The smallest absolute Gasteiger partial charge is 0.315 e. The second-order valence-corrected chi connectivity index (χ2v) is 8.49. The third kappa shape index (κ3) is 3.47. The molecular formula is C21H20N2O2S2. The fraction of sp³-hybridized carbons (Fsp3) is 0.238. The van der Waals surface area contributed by atoms with Crippen LogP contribution in [0.5, 0.6) is 0 Å². The topological polar surface area (TPSA) is 47.5 Å². The Labute approximate surface area is 165 Å². The van der Waals surface area contributed by atoms with Gasteiger partial charge in [0.15, 0.2) is 10.6 Å². The van der Waals surface area contributed by atoms with Gasteiger partial charge in [0.25, 0.3) is 0 Å². The fourth-order valence-electron chi connectivity index (χ4n) is 3.23. The predicted molar refractivity (Wildman–Crippen MR) is 114 cm³/mol. The molecular weight excluding hydrogens is 376 g/mol. The Balaban J connectivity index is 1.85. The number of para-hydroxylation sites is 1. The number of benzene rings is 2. The van der Waals surface area contributed by atoms with Crippen molar-refractivity contribution in [1.82, 2.24) is 4.57 Å². The first-order valence-electron chi connectivity index (χ1n) is 8.74. The molecule has 0 aliphatic heterocycles. The third-order valence-corrected chi connectivity index (χ3v) is 6.29. The normalized spacial score (nSPS) is 12.3. The van der Waals surface area contributed by atoms with Crippen molar-refractivity contribution in [3.63, 3.8) is 0 Å². The van der Waals surface area contributed by atoms with Crippen LogP contribution in [0.15, 0.2) is 51.9 Å². The molecule has 2 aromatic heterocycles. The van der Waals surface area contributed by atoms with E-state index in [2.05, 4.69) is 41.8 Å². The number of carbonyl (C=O) groups is 1. The summed E-state index contributed by atoms with van der Waals surface area (Å²) in [6.45, 7) is 5.02. The highest BCUT2D eigenvalue weighted by atomic mass is 32.2. The summed E-state index contributed by atoms with van der Waals surface area (Å²) in [4.78, 5) is 17.9. The molecule has 0 N–H and O–H groups in total. The molecule has 0 spiro atoms. The van der Waals surface area contributed by atoms with E-state index >= 15 is 0 Å². The number of aryl methyl sites for hydroxylation is 3. The van der Waals surface area contributed by atoms with Crippen molar-refractivity contribution in [2.75, 3.05) is 12.0 Å². The molecule has 0 radical (unpaired) electrons. The maximum Gasteiger partial charge on any atom is 0.315 e. The number of hydrogen-bond acceptors (Lipinski definition) is 4. The quantitative estimate of drug-likeness (QED) is 0.478. The molecule has 0 unspecified atom stereocenters. The number of thiazole rings is 1. The summed E-state index contributed by atoms with van der Waals surface area (Å²) >= 11 is 3.35. The summed E-state index contributed by atoms with van der Waals surface area (Å²) in [5.41, 5.74) is 4.27. The molecule has 27 heavy (non-hydrogen) atoms. The minimum atomic E-state index is -0.343. The largest absolute Gasteiger partial charge is 0.451 e. The van der Waals surface area contributed by atoms with E-state index in [1.807, 2.05) is 24.3 Å². The predicted octanol–water partition coefficient (Wildman–Crippen LogP) is 5.17. The van der Waals surface area contributed by atoms with E-state index < -0.39 is 0 Å². The SMILES string of the molecule is CSCCn1c(=NC(=O)c2cc3ccccc3o2)sc2c(C)cc(C)cc21. The van der Waals surface area contributed by atoms with E-state index in [9.17, 15) is 4.79 Å². The van der Waals surface area contributed by atoms with Crippen LogP contribution in [0.3, 0.4) is 0 Å². The van der Waals surface area contributed by atoms with E-state index in [4.69, 9.17) is 4.42 Å². The monoisotopic (exact) mass is 396 g/mol. The molecule has 138 valence electrons. The maximum absolute atomic E-state index is 12.8. The average molecular weight is 397 g/mol. The van der Waals surface area contributed by atoms with Crippen molar-refractivity contribution in [3.8, 4) is 0 Å². The summed E-state index contributed by atoms with van der Waals surface area (Å²) < 4.78 is 9.02. The van der Waals surface area contributed by atoms with E-state index in [0.29, 0.717) is 5.58 Å². The Morgan fingerprint density at radius 3 is 2.81 bits per heavy atom. The Hall–Kier alpha value is -2.31. The zero-order chi connectivity index (χ0) is 19.0. The number of furan rings is 1. The van der Waals surface area contributed by atoms with Gasteiger partial charge in [0.05, 0.1) is 10.2 Å². The minimum Gasteiger partial charge on any atom is -0.451 e. The second-order valence-electron chi connectivity index (χ2n) is 6.52. The molecule has 4 nitrogen and oxygen atoms in total. The van der Waals surface area contributed by atoms with Gasteiger partial charge < -0.3 is 8.98 Å². The molecule has 0 saturated heterocycles. The minimum absolute atomic E-state index is 0.276. The van der Waals surface area contributed by atoms with Gasteiger partial charge in [0.2, 0.25) is 0 Å². The number of rotatable bonds is 4. The van der Waals surface area contributed by atoms with Gasteiger partial charge in [-0.2, -0.15) is 16.8 Å². The zero-order valence-electron chi connectivity index (χ0n) is 15.5. The van der Waals surface area contributed by atoms with E-state index in [1.54, 1.807) is 29.2 Å². The van der Waals surface area contributed by atoms with Gasteiger partial charge >= 0.3 is 5.91 Å². The van der Waals surface area contributed by atoms with Crippen LogP contribution in [0.25, 0.3) is 21.2 Å². The Morgan fingerprint density at radius 1 is 1.22 bits per heavy atom. The number of fused-ring (bicyclic) bond motifs is 2. The first kappa shape index (κ1) is 18.1. The highest BCUT2D eigenvalue weighted by Gasteiger charge is 2.14. The second kappa shape index (κ2) is 7.37. The summed E-state index contributed by atoms with van der Waals surface area (Å²) in [6, 6.07) is 13.7. The maximum atomic E-state index is 12.8. The van der Waals surface area contributed by atoms with Gasteiger partial charge in [0, 0.05) is 17.7 Å². The number of hydrogen-bond donors (Lipinski definition) is 0. The lowest BCUT2D eigenvalue weighted by Crippen LogP contribution is -2.18. The van der Waals surface area contributed by atoms with E-state index in [0.717, 1.165) is 28.0 Å². The molecule has 0 saturated carbocycles. The van der Waals surface area contributed by atoms with Crippen LogP contribution in [-0.2, 0) is 6.54 Å². The van der Waals surface area contributed by atoms with Crippen LogP contribution in [0.4, 0.5) is 0 Å². The van der Waals surface area contributed by atoms with Crippen molar-refractivity contribution in [2.45, 2.75) is 20.4 Å². The number of thioether (sulfide) groups is 1. The molecule has 2 heterocycles. The van der Waals surface area contributed by atoms with Crippen LogP contribution in [0, 0.1) is 13.8 Å². The van der Waals surface area contributed by atoms with Crippen molar-refractivity contribution in [2.24, 2.45) is 4.99 Å². The Kier molecular flexibility index (Phi) is 4.93. The van der Waals surface area contributed by atoms with E-state index in [1.165, 1.54) is 15.8 Å². The Bertz CT molecular complexity index is 1180. The van der Waals surface area contributed by atoms with Crippen molar-refractivity contribution < 1.29 is 9.21 Å². The lowest BCUT2D eigenvalue weighted by Gasteiger charge is -2.05. The molecule has 6 heteroatoms. The van der Waals surface area contributed by atoms with Gasteiger partial charge in [0.1, 0.15) is 5.58 Å². The molecule has 4 rings (SSSR count). The highest BCUT2D eigenvalue weighted by molar-refractivity contribution is 7.98. The Morgan fingerprint density at radius 2 is 2.04 bits per heavy atom. The summed E-state index contributed by atoms with van der Waals surface area (Å²) in [7, 11) is 0. The van der Waals surface area contributed by atoms with Crippen LogP contribution >= 0.6 is 23.1 Å². The lowest BCUT2D eigenvalue weighted by molar-refractivity contribution is 0.0973. The number of aromatic nitrogens is 1. The van der Waals surface area contributed by atoms with Crippen LogP contribution in [0.2, 0.25) is 0 Å². The number of amides is 1. The van der Waals surface area contributed by atoms with Crippen molar-refractivity contribution in [3.05, 3.63) is 64.2 Å². The first-order chi connectivity index (χ1) is 13.1. The van der Waals surface area contributed by atoms with Crippen LogP contribution in [0.1, 0.15) is 21.7 Å². The molecule has 1 amide bonds. The van der Waals surface area contributed by atoms with Gasteiger partial charge in [-0.3, -0.25) is 4.79 Å². The molecule has 2 aromatic carbocycles. The van der Waals surface area contributed by atoms with Gasteiger partial charge in [-0.25, -0.2) is 0 Å². The molecule has 0 bridgehead atoms. The molecule has 0 aliphatic carbocycles. The summed E-state index contributed by atoms with van der Waals surface area (Å²) in [6.07, 6.45) is 2.09. The number of carbonyl (C=O) groups excluding carboxylic acids is 1. The fourth-order valence-corrected chi connectivity index (χ4v) is 4.70. The van der Waals surface area contributed by atoms with Crippen molar-refractivity contribution in [1.29, 1.82) is 0 Å². The molecule has 0 aliphatic rings. The summed E-state index contributed by atoms with van der Waals surface area (Å²) in [5.74, 6) is 0.896. The third-order valence-electron chi connectivity index (χ3n) is 4.47. The highest BCUT2D eigenvalue weighted by Crippen LogP contribution is 2.24. The first-order valence-corrected chi connectivity index (χ1v) is 10.9.